The van der Waals surface area contributed by atoms with Gasteiger partial charge >= 0.3 is 0 Å². The summed E-state index contributed by atoms with van der Waals surface area (Å²) in [5, 5.41) is 8.65. The van der Waals surface area contributed by atoms with Crippen molar-refractivity contribution in [2.75, 3.05) is 7.05 Å². The van der Waals surface area contributed by atoms with Gasteiger partial charge in [-0.2, -0.15) is 5.10 Å². The first kappa shape index (κ1) is 15.8. The lowest BCUT2D eigenvalue weighted by molar-refractivity contribution is 0.605. The van der Waals surface area contributed by atoms with Gasteiger partial charge in [-0.05, 0) is 42.8 Å². The third-order valence-corrected chi connectivity index (χ3v) is 4.04. The summed E-state index contributed by atoms with van der Waals surface area (Å²) in [4.78, 5) is 0. The third kappa shape index (κ3) is 4.01. The topological polar surface area (TPSA) is 29.9 Å². The van der Waals surface area contributed by atoms with Gasteiger partial charge in [-0.1, -0.05) is 54.1 Å². The molecule has 2 aromatic carbocycles. The molecule has 0 unspecified atom stereocenters. The summed E-state index contributed by atoms with van der Waals surface area (Å²) in [6.45, 7) is 1.62. The lowest BCUT2D eigenvalue weighted by atomic mass is 10.1. The zero-order valence-electron chi connectivity index (χ0n) is 13.2. The summed E-state index contributed by atoms with van der Waals surface area (Å²) in [6.07, 6.45) is 0.960. The Hall–Kier alpha value is -2.10. The van der Waals surface area contributed by atoms with Gasteiger partial charge in [0.05, 0.1) is 11.4 Å². The van der Waals surface area contributed by atoms with Crippen molar-refractivity contribution < 1.29 is 0 Å². The third-order valence-electron chi connectivity index (χ3n) is 3.78. The fourth-order valence-electron chi connectivity index (χ4n) is 2.64. The first-order chi connectivity index (χ1) is 11.3. The van der Waals surface area contributed by atoms with Crippen LogP contribution >= 0.6 is 11.6 Å². The largest absolute Gasteiger partial charge is 0.314 e. The standard InChI is InChI=1S/C19H20ClN3/c1-21-14-18-13-19(16-7-9-17(20)10-8-16)23(22-18)12-11-15-5-3-2-4-6-15/h2-10,13,21H,11-12,14H2,1H3. The number of aryl methyl sites for hydroxylation is 2. The summed E-state index contributed by atoms with van der Waals surface area (Å²) in [5.41, 5.74) is 4.63. The Morgan fingerprint density at radius 3 is 2.48 bits per heavy atom. The maximum absolute atomic E-state index is 6.00. The number of nitrogens with zero attached hydrogens (tertiary/aromatic N) is 2. The Kier molecular flexibility index (Phi) is 5.11. The Morgan fingerprint density at radius 1 is 1.04 bits per heavy atom. The molecule has 3 aromatic rings. The predicted octanol–water partition coefficient (Wildman–Crippen LogP) is 4.17. The lowest BCUT2D eigenvalue weighted by Gasteiger charge is -2.08. The van der Waals surface area contributed by atoms with E-state index < -0.39 is 0 Å². The first-order valence-corrected chi connectivity index (χ1v) is 8.15. The fraction of sp³-hybridized carbons (Fsp3) is 0.211. The lowest BCUT2D eigenvalue weighted by Crippen LogP contribution is -2.08. The van der Waals surface area contributed by atoms with Gasteiger partial charge in [-0.25, -0.2) is 0 Å². The molecule has 23 heavy (non-hydrogen) atoms. The molecule has 1 N–H and O–H groups in total. The number of aromatic nitrogens is 2. The van der Waals surface area contributed by atoms with Crippen molar-refractivity contribution in [3.05, 3.63) is 76.9 Å². The number of benzene rings is 2. The SMILES string of the molecule is CNCc1cc(-c2ccc(Cl)cc2)n(CCc2ccccc2)n1. The van der Waals surface area contributed by atoms with Crippen molar-refractivity contribution in [1.29, 1.82) is 0 Å². The van der Waals surface area contributed by atoms with Gasteiger partial charge in [0.1, 0.15) is 0 Å². The van der Waals surface area contributed by atoms with E-state index in [1.807, 2.05) is 37.4 Å². The van der Waals surface area contributed by atoms with E-state index in [0.717, 1.165) is 41.5 Å². The van der Waals surface area contributed by atoms with Crippen molar-refractivity contribution in [3.63, 3.8) is 0 Å². The van der Waals surface area contributed by atoms with Crippen molar-refractivity contribution in [2.45, 2.75) is 19.5 Å². The van der Waals surface area contributed by atoms with Crippen LogP contribution in [0.25, 0.3) is 11.3 Å². The highest BCUT2D eigenvalue weighted by Gasteiger charge is 2.10. The van der Waals surface area contributed by atoms with Crippen molar-refractivity contribution >= 4 is 11.6 Å². The van der Waals surface area contributed by atoms with Crippen LogP contribution < -0.4 is 5.32 Å². The van der Waals surface area contributed by atoms with Gasteiger partial charge in [0.2, 0.25) is 0 Å². The van der Waals surface area contributed by atoms with Gasteiger partial charge in [0.15, 0.2) is 0 Å². The summed E-state index contributed by atoms with van der Waals surface area (Å²) < 4.78 is 2.09. The fourth-order valence-corrected chi connectivity index (χ4v) is 2.77. The zero-order chi connectivity index (χ0) is 16.1. The molecule has 0 aliphatic heterocycles. The summed E-state index contributed by atoms with van der Waals surface area (Å²) in [6, 6.07) is 20.6. The van der Waals surface area contributed by atoms with Crippen LogP contribution in [0.2, 0.25) is 5.02 Å². The second kappa shape index (κ2) is 7.44. The molecule has 0 aliphatic rings. The highest BCUT2D eigenvalue weighted by molar-refractivity contribution is 6.30. The van der Waals surface area contributed by atoms with Gasteiger partial charge in [-0.15, -0.1) is 0 Å². The van der Waals surface area contributed by atoms with E-state index >= 15 is 0 Å². The molecule has 0 amide bonds. The number of hydrogen-bond donors (Lipinski definition) is 1. The maximum Gasteiger partial charge on any atom is 0.0768 e. The van der Waals surface area contributed by atoms with Crippen LogP contribution in [0.5, 0.6) is 0 Å². The predicted molar refractivity (Wildman–Crippen MR) is 95.6 cm³/mol. The van der Waals surface area contributed by atoms with Crippen LogP contribution in [0.15, 0.2) is 60.7 Å². The van der Waals surface area contributed by atoms with E-state index in [4.69, 9.17) is 16.7 Å². The van der Waals surface area contributed by atoms with E-state index in [-0.39, 0.29) is 0 Å². The summed E-state index contributed by atoms with van der Waals surface area (Å²) in [7, 11) is 1.94. The van der Waals surface area contributed by atoms with Crippen LogP contribution in [-0.2, 0) is 19.5 Å². The second-order valence-electron chi connectivity index (χ2n) is 5.52. The zero-order valence-corrected chi connectivity index (χ0v) is 13.9. The van der Waals surface area contributed by atoms with E-state index in [2.05, 4.69) is 40.3 Å². The quantitative estimate of drug-likeness (QED) is 0.737. The molecular formula is C19H20ClN3. The molecule has 4 heteroatoms. The Balaban J connectivity index is 1.86. The minimum absolute atomic E-state index is 0.750. The molecular weight excluding hydrogens is 306 g/mol. The molecule has 0 radical (unpaired) electrons. The average molecular weight is 326 g/mol. The molecule has 0 fully saturated rings. The molecule has 0 atom stereocenters. The Bertz CT molecular complexity index is 748. The number of hydrogen-bond acceptors (Lipinski definition) is 2. The maximum atomic E-state index is 6.00. The molecule has 0 saturated heterocycles. The van der Waals surface area contributed by atoms with E-state index in [0.29, 0.717) is 0 Å². The van der Waals surface area contributed by atoms with E-state index in [1.165, 1.54) is 5.56 Å². The Morgan fingerprint density at radius 2 is 1.78 bits per heavy atom. The normalized spacial score (nSPS) is 10.9. The molecule has 118 valence electrons. The average Bonchev–Trinajstić information content (AvgIpc) is 2.98. The molecule has 1 aromatic heterocycles. The van der Waals surface area contributed by atoms with Gasteiger partial charge in [-0.3, -0.25) is 4.68 Å². The first-order valence-electron chi connectivity index (χ1n) is 7.77. The number of halogens is 1. The molecule has 3 nitrogen and oxygen atoms in total. The van der Waals surface area contributed by atoms with E-state index in [9.17, 15) is 0 Å². The number of rotatable bonds is 6. The number of nitrogens with one attached hydrogen (secondary N) is 1. The van der Waals surface area contributed by atoms with Crippen LogP contribution in [0.1, 0.15) is 11.3 Å². The smallest absolute Gasteiger partial charge is 0.0768 e. The van der Waals surface area contributed by atoms with Gasteiger partial charge in [0.25, 0.3) is 0 Å². The molecule has 0 aliphatic carbocycles. The molecule has 0 bridgehead atoms. The molecule has 0 saturated carbocycles. The van der Waals surface area contributed by atoms with Crippen molar-refractivity contribution in [2.24, 2.45) is 0 Å². The summed E-state index contributed by atoms with van der Waals surface area (Å²) >= 11 is 6.00. The minimum Gasteiger partial charge on any atom is -0.314 e. The second-order valence-corrected chi connectivity index (χ2v) is 5.95. The monoisotopic (exact) mass is 325 g/mol. The molecule has 0 spiro atoms. The van der Waals surface area contributed by atoms with E-state index in [1.54, 1.807) is 0 Å². The van der Waals surface area contributed by atoms with Gasteiger partial charge in [0, 0.05) is 18.1 Å². The van der Waals surface area contributed by atoms with Crippen LogP contribution in [-0.4, -0.2) is 16.8 Å². The minimum atomic E-state index is 0.750. The van der Waals surface area contributed by atoms with Crippen molar-refractivity contribution in [1.82, 2.24) is 15.1 Å². The Labute approximate surface area is 141 Å². The van der Waals surface area contributed by atoms with Crippen LogP contribution in [0.3, 0.4) is 0 Å². The highest BCUT2D eigenvalue weighted by atomic mass is 35.5. The van der Waals surface area contributed by atoms with Crippen molar-refractivity contribution in [3.8, 4) is 11.3 Å². The van der Waals surface area contributed by atoms with Crippen LogP contribution in [0, 0.1) is 0 Å². The van der Waals surface area contributed by atoms with Crippen LogP contribution in [0.4, 0.5) is 0 Å². The highest BCUT2D eigenvalue weighted by Crippen LogP contribution is 2.23. The molecule has 1 heterocycles. The van der Waals surface area contributed by atoms with Gasteiger partial charge < -0.3 is 5.32 Å². The summed E-state index contributed by atoms with van der Waals surface area (Å²) in [5.74, 6) is 0. The molecule has 3 rings (SSSR count).